The Labute approximate surface area is 114 Å². The summed E-state index contributed by atoms with van der Waals surface area (Å²) in [7, 11) is 0. The minimum atomic E-state index is -0.561. The van der Waals surface area contributed by atoms with Crippen LogP contribution in [0.2, 0.25) is 0 Å². The average Bonchev–Trinajstić information content (AvgIpc) is 2.96. The van der Waals surface area contributed by atoms with Gasteiger partial charge >= 0.3 is 0 Å². The van der Waals surface area contributed by atoms with Crippen LogP contribution in [0, 0.1) is 5.92 Å². The van der Waals surface area contributed by atoms with Gasteiger partial charge in [-0.25, -0.2) is 0 Å². The lowest BCUT2D eigenvalue weighted by Crippen LogP contribution is -2.33. The summed E-state index contributed by atoms with van der Waals surface area (Å²) in [5.41, 5.74) is 2.01. The fourth-order valence-corrected chi connectivity index (χ4v) is 3.08. The minimum absolute atomic E-state index is 0.387. The third kappa shape index (κ3) is 2.53. The van der Waals surface area contributed by atoms with Crippen LogP contribution in [0.4, 0.5) is 0 Å². The number of fused-ring (bicyclic) bond motifs is 1. The number of aliphatic hydroxyl groups is 1. The number of nitrogens with zero attached hydrogens (tertiary/aromatic N) is 1. The molecule has 2 heterocycles. The van der Waals surface area contributed by atoms with Gasteiger partial charge in [-0.05, 0) is 44.5 Å². The molecule has 1 aromatic heterocycles. The Balaban J connectivity index is 1.75. The SMILES string of the molecule is CC(C)(O)[C@H]1CCN(Cc2cccc3[nH]ccc23)C1. The Hall–Kier alpha value is -1.32. The van der Waals surface area contributed by atoms with Gasteiger partial charge in [0.05, 0.1) is 5.60 Å². The second-order valence-electron chi connectivity index (χ2n) is 6.23. The normalized spacial score (nSPS) is 21.3. The van der Waals surface area contributed by atoms with Crippen molar-refractivity contribution in [3.63, 3.8) is 0 Å². The topological polar surface area (TPSA) is 39.3 Å². The molecule has 0 radical (unpaired) electrons. The number of nitrogens with one attached hydrogen (secondary N) is 1. The molecule has 2 N–H and O–H groups in total. The summed E-state index contributed by atoms with van der Waals surface area (Å²) in [5.74, 6) is 0.387. The van der Waals surface area contributed by atoms with E-state index in [0.29, 0.717) is 5.92 Å². The van der Waals surface area contributed by atoms with E-state index in [-0.39, 0.29) is 0 Å². The van der Waals surface area contributed by atoms with Gasteiger partial charge in [0.2, 0.25) is 0 Å². The zero-order valence-electron chi connectivity index (χ0n) is 11.7. The lowest BCUT2D eigenvalue weighted by atomic mass is 9.90. The Morgan fingerprint density at radius 2 is 2.21 bits per heavy atom. The highest BCUT2D eigenvalue weighted by molar-refractivity contribution is 5.82. The van der Waals surface area contributed by atoms with Crippen LogP contribution >= 0.6 is 0 Å². The summed E-state index contributed by atoms with van der Waals surface area (Å²) in [6.45, 7) is 6.89. The predicted octanol–water partition coefficient (Wildman–Crippen LogP) is 2.76. The molecule has 0 unspecified atom stereocenters. The number of likely N-dealkylation sites (tertiary alicyclic amines) is 1. The van der Waals surface area contributed by atoms with Crippen LogP contribution in [-0.4, -0.2) is 33.7 Å². The van der Waals surface area contributed by atoms with E-state index in [4.69, 9.17) is 0 Å². The van der Waals surface area contributed by atoms with E-state index in [2.05, 4.69) is 34.1 Å². The van der Waals surface area contributed by atoms with Crippen LogP contribution in [0.25, 0.3) is 10.9 Å². The highest BCUT2D eigenvalue weighted by Gasteiger charge is 2.33. The molecular formula is C16H22N2O. The molecule has 3 heteroatoms. The van der Waals surface area contributed by atoms with E-state index in [1.807, 2.05) is 20.0 Å². The van der Waals surface area contributed by atoms with Crippen LogP contribution < -0.4 is 0 Å². The second-order valence-corrected chi connectivity index (χ2v) is 6.23. The highest BCUT2D eigenvalue weighted by Crippen LogP contribution is 2.29. The maximum absolute atomic E-state index is 10.1. The molecule has 1 aliphatic rings. The first-order valence-corrected chi connectivity index (χ1v) is 7.04. The van der Waals surface area contributed by atoms with Crippen molar-refractivity contribution in [2.75, 3.05) is 13.1 Å². The Kier molecular flexibility index (Phi) is 3.11. The summed E-state index contributed by atoms with van der Waals surface area (Å²) in [6, 6.07) is 8.57. The van der Waals surface area contributed by atoms with Crippen LogP contribution in [0.1, 0.15) is 25.8 Å². The first-order chi connectivity index (χ1) is 9.04. The van der Waals surface area contributed by atoms with Gasteiger partial charge in [-0.1, -0.05) is 12.1 Å². The third-order valence-corrected chi connectivity index (χ3v) is 4.35. The fraction of sp³-hybridized carbons (Fsp3) is 0.500. The van der Waals surface area contributed by atoms with E-state index >= 15 is 0 Å². The molecule has 1 aromatic carbocycles. The van der Waals surface area contributed by atoms with Crippen LogP contribution in [-0.2, 0) is 6.54 Å². The molecule has 1 aliphatic heterocycles. The number of rotatable bonds is 3. The molecule has 0 spiro atoms. The van der Waals surface area contributed by atoms with Gasteiger partial charge in [0.25, 0.3) is 0 Å². The number of hydrogen-bond donors (Lipinski definition) is 2. The lowest BCUT2D eigenvalue weighted by Gasteiger charge is -2.25. The fourth-order valence-electron chi connectivity index (χ4n) is 3.08. The molecule has 0 aliphatic carbocycles. The zero-order valence-corrected chi connectivity index (χ0v) is 11.7. The Bertz CT molecular complexity index is 567. The number of hydrogen-bond acceptors (Lipinski definition) is 2. The van der Waals surface area contributed by atoms with Gasteiger partial charge in [-0.3, -0.25) is 4.90 Å². The molecule has 3 rings (SSSR count). The number of aromatic nitrogens is 1. The summed E-state index contributed by atoms with van der Waals surface area (Å²) in [6.07, 6.45) is 3.09. The van der Waals surface area contributed by atoms with Gasteiger partial charge in [0.15, 0.2) is 0 Å². The van der Waals surface area contributed by atoms with Gasteiger partial charge in [0, 0.05) is 36.1 Å². The summed E-state index contributed by atoms with van der Waals surface area (Å²) in [5, 5.41) is 11.4. The average molecular weight is 258 g/mol. The molecule has 1 fully saturated rings. The number of aromatic amines is 1. The van der Waals surface area contributed by atoms with Crippen molar-refractivity contribution < 1.29 is 5.11 Å². The van der Waals surface area contributed by atoms with Crippen LogP contribution in [0.15, 0.2) is 30.5 Å². The van der Waals surface area contributed by atoms with Crippen molar-refractivity contribution >= 4 is 10.9 Å². The summed E-state index contributed by atoms with van der Waals surface area (Å²) < 4.78 is 0. The van der Waals surface area contributed by atoms with E-state index in [9.17, 15) is 5.11 Å². The first-order valence-electron chi connectivity index (χ1n) is 7.04. The quantitative estimate of drug-likeness (QED) is 0.888. The molecule has 2 aromatic rings. The van der Waals surface area contributed by atoms with E-state index in [1.54, 1.807) is 0 Å². The Morgan fingerprint density at radius 1 is 1.37 bits per heavy atom. The maximum Gasteiger partial charge on any atom is 0.0632 e. The van der Waals surface area contributed by atoms with Gasteiger partial charge in [-0.2, -0.15) is 0 Å². The number of benzene rings is 1. The standard InChI is InChI=1S/C16H22N2O/c1-16(2,19)13-7-9-18(11-13)10-12-4-3-5-15-14(12)6-8-17-15/h3-6,8,13,17,19H,7,9-11H2,1-2H3/t13-/m0/s1. The van der Waals surface area contributed by atoms with Crippen LogP contribution in [0.3, 0.4) is 0 Å². The summed E-state index contributed by atoms with van der Waals surface area (Å²) in [4.78, 5) is 5.71. The van der Waals surface area contributed by atoms with E-state index < -0.39 is 5.60 Å². The number of H-pyrrole nitrogens is 1. The van der Waals surface area contributed by atoms with E-state index in [0.717, 1.165) is 26.1 Å². The van der Waals surface area contributed by atoms with Crippen LogP contribution in [0.5, 0.6) is 0 Å². The lowest BCUT2D eigenvalue weighted by molar-refractivity contribution is 0.0208. The molecule has 0 bridgehead atoms. The van der Waals surface area contributed by atoms with Gasteiger partial charge in [0.1, 0.15) is 0 Å². The van der Waals surface area contributed by atoms with Gasteiger partial charge in [-0.15, -0.1) is 0 Å². The molecule has 3 nitrogen and oxygen atoms in total. The van der Waals surface area contributed by atoms with Crippen molar-refractivity contribution in [1.29, 1.82) is 0 Å². The largest absolute Gasteiger partial charge is 0.390 e. The molecular weight excluding hydrogens is 236 g/mol. The van der Waals surface area contributed by atoms with Crippen molar-refractivity contribution in [2.24, 2.45) is 5.92 Å². The monoisotopic (exact) mass is 258 g/mol. The molecule has 1 atom stereocenters. The molecule has 19 heavy (non-hydrogen) atoms. The van der Waals surface area contributed by atoms with E-state index in [1.165, 1.54) is 16.5 Å². The second kappa shape index (κ2) is 4.66. The zero-order chi connectivity index (χ0) is 13.5. The predicted molar refractivity (Wildman–Crippen MR) is 78.0 cm³/mol. The van der Waals surface area contributed by atoms with Crippen molar-refractivity contribution in [2.45, 2.75) is 32.4 Å². The molecule has 1 saturated heterocycles. The maximum atomic E-state index is 10.1. The first kappa shape index (κ1) is 12.7. The smallest absolute Gasteiger partial charge is 0.0632 e. The van der Waals surface area contributed by atoms with Crippen molar-refractivity contribution in [3.05, 3.63) is 36.0 Å². The molecule has 0 amide bonds. The molecule has 102 valence electrons. The van der Waals surface area contributed by atoms with Gasteiger partial charge < -0.3 is 10.1 Å². The molecule has 0 saturated carbocycles. The third-order valence-electron chi connectivity index (χ3n) is 4.35. The summed E-state index contributed by atoms with van der Waals surface area (Å²) >= 11 is 0. The highest BCUT2D eigenvalue weighted by atomic mass is 16.3. The minimum Gasteiger partial charge on any atom is -0.390 e. The Morgan fingerprint density at radius 3 is 2.95 bits per heavy atom. The van der Waals surface area contributed by atoms with Crippen molar-refractivity contribution in [3.8, 4) is 0 Å². The van der Waals surface area contributed by atoms with Crippen molar-refractivity contribution in [1.82, 2.24) is 9.88 Å².